The van der Waals surface area contributed by atoms with Gasteiger partial charge in [0.15, 0.2) is 0 Å². The van der Waals surface area contributed by atoms with Gasteiger partial charge in [-0.2, -0.15) is 13.2 Å². The third-order valence-corrected chi connectivity index (χ3v) is 3.25. The van der Waals surface area contributed by atoms with Gasteiger partial charge < -0.3 is 9.72 Å². The summed E-state index contributed by atoms with van der Waals surface area (Å²) in [7, 11) is 0. The van der Waals surface area contributed by atoms with E-state index < -0.39 is 23.1 Å². The normalized spacial score (nSPS) is 11.7. The molecule has 2 aromatic rings. The Morgan fingerprint density at radius 1 is 1.27 bits per heavy atom. The predicted molar refractivity (Wildman–Crippen MR) is 74.9 cm³/mol. The number of para-hydroxylation sites is 1. The number of carbonyl (C=O) groups is 1. The van der Waals surface area contributed by atoms with Gasteiger partial charge in [-0.25, -0.2) is 4.79 Å². The second kappa shape index (κ2) is 5.82. The van der Waals surface area contributed by atoms with Gasteiger partial charge in [-0.3, -0.25) is 4.79 Å². The Hall–Kier alpha value is -2.31. The fourth-order valence-electron chi connectivity index (χ4n) is 2.28. The topological polar surface area (TPSA) is 59.2 Å². The standard InChI is InChI=1S/C15H14F3NO3/c1-3-10-11(14(21)22-4-2)13(20)8-6-5-7-9(12(8)19-10)15(16,17)18/h5-7H,3-4H2,1-2H3,(H,19,20). The Morgan fingerprint density at radius 3 is 2.50 bits per heavy atom. The van der Waals surface area contributed by atoms with Crippen molar-refractivity contribution >= 4 is 16.9 Å². The number of ether oxygens (including phenoxy) is 1. The summed E-state index contributed by atoms with van der Waals surface area (Å²) in [5.74, 6) is -0.833. The van der Waals surface area contributed by atoms with Gasteiger partial charge in [0.1, 0.15) is 5.56 Å². The van der Waals surface area contributed by atoms with Crippen LogP contribution in [0.25, 0.3) is 10.9 Å². The third kappa shape index (κ3) is 2.70. The number of hydrogen-bond donors (Lipinski definition) is 1. The van der Waals surface area contributed by atoms with Crippen LogP contribution >= 0.6 is 0 Å². The maximum atomic E-state index is 13.1. The zero-order chi connectivity index (χ0) is 16.5. The first kappa shape index (κ1) is 16.1. The monoisotopic (exact) mass is 313 g/mol. The molecular weight excluding hydrogens is 299 g/mol. The lowest BCUT2D eigenvalue weighted by molar-refractivity contribution is -0.136. The van der Waals surface area contributed by atoms with E-state index in [0.29, 0.717) is 0 Å². The van der Waals surface area contributed by atoms with Crippen LogP contribution in [0.5, 0.6) is 0 Å². The number of benzene rings is 1. The molecule has 0 amide bonds. The van der Waals surface area contributed by atoms with Crippen molar-refractivity contribution in [1.82, 2.24) is 4.98 Å². The van der Waals surface area contributed by atoms with E-state index in [2.05, 4.69) is 4.98 Å². The Labute approximate surface area is 123 Å². The fraction of sp³-hybridized carbons (Fsp3) is 0.333. The van der Waals surface area contributed by atoms with Crippen LogP contribution < -0.4 is 5.43 Å². The molecule has 1 heterocycles. The number of alkyl halides is 3. The van der Waals surface area contributed by atoms with Gasteiger partial charge in [-0.1, -0.05) is 13.0 Å². The van der Waals surface area contributed by atoms with Crippen LogP contribution in [-0.4, -0.2) is 17.6 Å². The molecule has 0 bridgehead atoms. The molecule has 1 aromatic carbocycles. The number of aromatic amines is 1. The number of fused-ring (bicyclic) bond motifs is 1. The Morgan fingerprint density at radius 2 is 1.95 bits per heavy atom. The predicted octanol–water partition coefficient (Wildman–Crippen LogP) is 3.29. The Bertz CT molecular complexity index is 778. The van der Waals surface area contributed by atoms with Crippen LogP contribution in [0.1, 0.15) is 35.5 Å². The van der Waals surface area contributed by atoms with Crippen molar-refractivity contribution in [1.29, 1.82) is 0 Å². The number of H-pyrrole nitrogens is 1. The maximum Gasteiger partial charge on any atom is 0.418 e. The number of hydrogen-bond acceptors (Lipinski definition) is 3. The van der Waals surface area contributed by atoms with Gasteiger partial charge in [0.05, 0.1) is 17.7 Å². The summed E-state index contributed by atoms with van der Waals surface area (Å²) in [6.07, 6.45) is -4.40. The molecule has 118 valence electrons. The number of aryl methyl sites for hydroxylation is 1. The van der Waals surface area contributed by atoms with E-state index in [0.717, 1.165) is 12.1 Å². The van der Waals surface area contributed by atoms with Crippen LogP contribution in [-0.2, 0) is 17.3 Å². The van der Waals surface area contributed by atoms with Gasteiger partial charge in [-0.05, 0) is 25.5 Å². The molecular formula is C15H14F3NO3. The summed E-state index contributed by atoms with van der Waals surface area (Å²) < 4.78 is 44.0. The molecule has 2 rings (SSSR count). The van der Waals surface area contributed by atoms with E-state index in [9.17, 15) is 22.8 Å². The van der Waals surface area contributed by atoms with E-state index in [1.54, 1.807) is 13.8 Å². The molecule has 0 unspecified atom stereocenters. The van der Waals surface area contributed by atoms with E-state index in [1.165, 1.54) is 6.07 Å². The molecule has 22 heavy (non-hydrogen) atoms. The van der Waals surface area contributed by atoms with E-state index in [4.69, 9.17) is 4.74 Å². The number of aromatic nitrogens is 1. The zero-order valence-electron chi connectivity index (χ0n) is 12.0. The quantitative estimate of drug-likeness (QED) is 0.885. The zero-order valence-corrected chi connectivity index (χ0v) is 12.0. The van der Waals surface area contributed by atoms with Crippen molar-refractivity contribution < 1.29 is 22.7 Å². The third-order valence-electron chi connectivity index (χ3n) is 3.25. The summed E-state index contributed by atoms with van der Waals surface area (Å²) in [5.41, 5.74) is -2.11. The first-order valence-electron chi connectivity index (χ1n) is 6.73. The Balaban J connectivity index is 2.85. The molecule has 0 fully saturated rings. The molecule has 1 N–H and O–H groups in total. The van der Waals surface area contributed by atoms with Crippen LogP contribution in [0.4, 0.5) is 13.2 Å². The van der Waals surface area contributed by atoms with Gasteiger partial charge in [0.25, 0.3) is 0 Å². The first-order valence-corrected chi connectivity index (χ1v) is 6.73. The largest absolute Gasteiger partial charge is 0.462 e. The maximum absolute atomic E-state index is 13.1. The molecule has 0 aliphatic carbocycles. The molecule has 0 saturated carbocycles. The average molecular weight is 313 g/mol. The highest BCUT2D eigenvalue weighted by atomic mass is 19.4. The van der Waals surface area contributed by atoms with Gasteiger partial charge >= 0.3 is 12.1 Å². The smallest absolute Gasteiger partial charge is 0.418 e. The van der Waals surface area contributed by atoms with Crippen LogP contribution in [0, 0.1) is 0 Å². The molecule has 4 nitrogen and oxygen atoms in total. The molecule has 7 heteroatoms. The SMILES string of the molecule is CCOC(=O)c1c(CC)[nH]c2c(C(F)(F)F)cccc2c1=O. The number of carbonyl (C=O) groups excluding carboxylic acids is 1. The highest BCUT2D eigenvalue weighted by molar-refractivity contribution is 5.95. The minimum atomic E-state index is -4.60. The lowest BCUT2D eigenvalue weighted by atomic mass is 10.0. The molecule has 0 radical (unpaired) electrons. The van der Waals surface area contributed by atoms with Crippen molar-refractivity contribution in [3.8, 4) is 0 Å². The Kier molecular flexibility index (Phi) is 4.25. The number of esters is 1. The van der Waals surface area contributed by atoms with Crippen molar-refractivity contribution in [2.45, 2.75) is 26.4 Å². The first-order chi connectivity index (χ1) is 10.3. The van der Waals surface area contributed by atoms with E-state index >= 15 is 0 Å². The highest BCUT2D eigenvalue weighted by Gasteiger charge is 2.34. The summed E-state index contributed by atoms with van der Waals surface area (Å²) >= 11 is 0. The summed E-state index contributed by atoms with van der Waals surface area (Å²) in [6.45, 7) is 3.29. The second-order valence-corrected chi connectivity index (χ2v) is 4.61. The summed E-state index contributed by atoms with van der Waals surface area (Å²) in [4.78, 5) is 26.9. The van der Waals surface area contributed by atoms with Crippen molar-refractivity contribution in [2.75, 3.05) is 6.61 Å². The van der Waals surface area contributed by atoms with Crippen LogP contribution in [0.15, 0.2) is 23.0 Å². The van der Waals surface area contributed by atoms with Gasteiger partial charge in [0, 0.05) is 11.1 Å². The lowest BCUT2D eigenvalue weighted by Gasteiger charge is -2.13. The van der Waals surface area contributed by atoms with Gasteiger partial charge in [-0.15, -0.1) is 0 Å². The minimum Gasteiger partial charge on any atom is -0.462 e. The van der Waals surface area contributed by atoms with Crippen molar-refractivity contribution in [3.05, 3.63) is 45.2 Å². The highest BCUT2D eigenvalue weighted by Crippen LogP contribution is 2.33. The van der Waals surface area contributed by atoms with Crippen molar-refractivity contribution in [3.63, 3.8) is 0 Å². The molecule has 0 saturated heterocycles. The van der Waals surface area contributed by atoms with Gasteiger partial charge in [0.2, 0.25) is 5.43 Å². The molecule has 0 aliphatic heterocycles. The molecule has 0 atom stereocenters. The lowest BCUT2D eigenvalue weighted by Crippen LogP contribution is -2.23. The average Bonchev–Trinajstić information content (AvgIpc) is 2.45. The second-order valence-electron chi connectivity index (χ2n) is 4.61. The molecule has 0 spiro atoms. The van der Waals surface area contributed by atoms with E-state index in [-0.39, 0.29) is 35.2 Å². The number of halogens is 3. The molecule has 0 aliphatic rings. The van der Waals surface area contributed by atoms with Crippen molar-refractivity contribution in [2.24, 2.45) is 0 Å². The fourth-order valence-corrected chi connectivity index (χ4v) is 2.28. The number of rotatable bonds is 3. The minimum absolute atomic E-state index is 0.0715. The summed E-state index contributed by atoms with van der Waals surface area (Å²) in [5, 5.41) is -0.185. The molecule has 1 aromatic heterocycles. The van der Waals surface area contributed by atoms with Crippen LogP contribution in [0.2, 0.25) is 0 Å². The number of pyridine rings is 1. The van der Waals surface area contributed by atoms with E-state index in [1.807, 2.05) is 0 Å². The van der Waals surface area contributed by atoms with Crippen LogP contribution in [0.3, 0.4) is 0 Å². The summed E-state index contributed by atoms with van der Waals surface area (Å²) in [6, 6.07) is 3.29. The number of nitrogens with one attached hydrogen (secondary N) is 1.